The second-order valence-corrected chi connectivity index (χ2v) is 7.26. The van der Waals surface area contributed by atoms with Crippen molar-refractivity contribution in [1.82, 2.24) is 10.1 Å². The van der Waals surface area contributed by atoms with E-state index in [0.717, 1.165) is 32.1 Å². The third-order valence-electron chi connectivity index (χ3n) is 4.80. The van der Waals surface area contributed by atoms with Gasteiger partial charge in [0.15, 0.2) is 11.6 Å². The van der Waals surface area contributed by atoms with E-state index in [2.05, 4.69) is 30.9 Å². The molecule has 1 aromatic heterocycles. The molecule has 0 unspecified atom stereocenters. The highest BCUT2D eigenvalue weighted by atomic mass is 19.1. The van der Waals surface area contributed by atoms with Crippen LogP contribution < -0.4 is 4.74 Å². The lowest BCUT2D eigenvalue weighted by atomic mass is 10.0. The molecule has 0 bridgehead atoms. The highest BCUT2D eigenvalue weighted by Crippen LogP contribution is 2.26. The fraction of sp³-hybridized carbons (Fsp3) is 0.636. The molecule has 0 aliphatic carbocycles. The molecule has 1 aromatic carbocycles. The van der Waals surface area contributed by atoms with Gasteiger partial charge in [-0.1, -0.05) is 70.9 Å². The van der Waals surface area contributed by atoms with Crippen LogP contribution in [0.15, 0.2) is 22.7 Å². The highest BCUT2D eigenvalue weighted by Gasteiger charge is 2.16. The smallest absolute Gasteiger partial charge is 0.229 e. The van der Waals surface area contributed by atoms with E-state index in [1.54, 1.807) is 12.1 Å². The van der Waals surface area contributed by atoms with Gasteiger partial charge in [0.2, 0.25) is 11.7 Å². The number of ether oxygens (including phenoxy) is 1. The van der Waals surface area contributed by atoms with Crippen molar-refractivity contribution in [1.29, 1.82) is 0 Å². The van der Waals surface area contributed by atoms with E-state index in [9.17, 15) is 4.39 Å². The van der Waals surface area contributed by atoms with Gasteiger partial charge < -0.3 is 9.26 Å². The molecule has 2 rings (SSSR count). The Morgan fingerprint density at radius 3 is 2.52 bits per heavy atom. The summed E-state index contributed by atoms with van der Waals surface area (Å²) in [5.41, 5.74) is 0.608. The van der Waals surface area contributed by atoms with Crippen LogP contribution in [0, 0.1) is 5.82 Å². The zero-order valence-electron chi connectivity index (χ0n) is 17.0. The maximum atomic E-state index is 14.3. The average molecular weight is 377 g/mol. The van der Waals surface area contributed by atoms with Crippen LogP contribution in [0.5, 0.6) is 5.75 Å². The van der Waals surface area contributed by atoms with E-state index in [-0.39, 0.29) is 17.5 Å². The van der Waals surface area contributed by atoms with E-state index in [1.807, 2.05) is 0 Å². The molecule has 0 saturated heterocycles. The second-order valence-electron chi connectivity index (χ2n) is 7.26. The lowest BCUT2D eigenvalue weighted by Crippen LogP contribution is -1.99. The number of hydrogen-bond donors (Lipinski definition) is 0. The minimum absolute atomic E-state index is 0.218. The number of nitrogens with zero attached hydrogens (tertiary/aromatic N) is 2. The standard InChI is InChI=1S/C22H33FN2O2/c1-4-6-8-9-10-11-15-26-20-14-13-18(16-19(20)23)21-24-22(27-25-21)17(3)12-7-5-2/h13-14,16-17H,4-12,15H2,1-3H3/t17-/m0/s1. The van der Waals surface area contributed by atoms with Gasteiger partial charge in [0.05, 0.1) is 6.61 Å². The monoisotopic (exact) mass is 376 g/mol. The van der Waals surface area contributed by atoms with Gasteiger partial charge in [-0.25, -0.2) is 4.39 Å². The molecule has 0 amide bonds. The summed E-state index contributed by atoms with van der Waals surface area (Å²) in [6, 6.07) is 4.85. The zero-order chi connectivity index (χ0) is 19.5. The third-order valence-corrected chi connectivity index (χ3v) is 4.80. The van der Waals surface area contributed by atoms with Crippen LogP contribution in [0.4, 0.5) is 4.39 Å². The Labute approximate surface area is 162 Å². The van der Waals surface area contributed by atoms with E-state index in [0.29, 0.717) is 23.9 Å². The van der Waals surface area contributed by atoms with Crippen LogP contribution in [0.2, 0.25) is 0 Å². The minimum atomic E-state index is -0.385. The Morgan fingerprint density at radius 1 is 1.04 bits per heavy atom. The summed E-state index contributed by atoms with van der Waals surface area (Å²) in [7, 11) is 0. The first kappa shape index (κ1) is 21.4. The molecule has 27 heavy (non-hydrogen) atoms. The van der Waals surface area contributed by atoms with Gasteiger partial charge in [0.1, 0.15) is 0 Å². The molecule has 0 spiro atoms. The summed E-state index contributed by atoms with van der Waals surface area (Å²) in [5, 5.41) is 4.00. The predicted octanol–water partition coefficient (Wildman–Crippen LogP) is 6.91. The first-order valence-corrected chi connectivity index (χ1v) is 10.4. The average Bonchev–Trinajstić information content (AvgIpc) is 3.16. The number of hydrogen-bond acceptors (Lipinski definition) is 4. The summed E-state index contributed by atoms with van der Waals surface area (Å²) in [4.78, 5) is 4.43. The lowest BCUT2D eigenvalue weighted by Gasteiger charge is -2.08. The van der Waals surface area contributed by atoms with Gasteiger partial charge in [-0.3, -0.25) is 0 Å². The summed E-state index contributed by atoms with van der Waals surface area (Å²) < 4.78 is 25.3. The fourth-order valence-corrected chi connectivity index (χ4v) is 3.01. The molecule has 5 heteroatoms. The zero-order valence-corrected chi connectivity index (χ0v) is 17.0. The van der Waals surface area contributed by atoms with Gasteiger partial charge >= 0.3 is 0 Å². The van der Waals surface area contributed by atoms with Gasteiger partial charge in [0, 0.05) is 11.5 Å². The van der Waals surface area contributed by atoms with Crippen molar-refractivity contribution < 1.29 is 13.7 Å². The number of rotatable bonds is 13. The maximum absolute atomic E-state index is 14.3. The fourth-order valence-electron chi connectivity index (χ4n) is 3.01. The Bertz CT molecular complexity index is 672. The summed E-state index contributed by atoms with van der Waals surface area (Å²) in [6.45, 7) is 6.99. The van der Waals surface area contributed by atoms with Crippen molar-refractivity contribution in [3.05, 3.63) is 29.9 Å². The van der Waals surface area contributed by atoms with Gasteiger partial charge in [-0.05, 0) is 31.0 Å². The lowest BCUT2D eigenvalue weighted by molar-refractivity contribution is 0.290. The quantitative estimate of drug-likeness (QED) is 0.356. The van der Waals surface area contributed by atoms with Crippen molar-refractivity contribution >= 4 is 0 Å². The van der Waals surface area contributed by atoms with Crippen LogP contribution in [0.3, 0.4) is 0 Å². The Kier molecular flexibility index (Phi) is 9.29. The summed E-state index contributed by atoms with van der Waals surface area (Å²) in [5.74, 6) is 1.16. The highest BCUT2D eigenvalue weighted by molar-refractivity contribution is 5.56. The number of benzene rings is 1. The van der Waals surface area contributed by atoms with E-state index < -0.39 is 0 Å². The molecule has 1 atom stereocenters. The van der Waals surface area contributed by atoms with E-state index in [4.69, 9.17) is 9.26 Å². The van der Waals surface area contributed by atoms with E-state index >= 15 is 0 Å². The number of unbranched alkanes of at least 4 members (excludes halogenated alkanes) is 6. The summed E-state index contributed by atoms with van der Waals surface area (Å²) in [6.07, 6.45) is 10.4. The third kappa shape index (κ3) is 6.96. The summed E-state index contributed by atoms with van der Waals surface area (Å²) >= 11 is 0. The van der Waals surface area contributed by atoms with Crippen molar-refractivity contribution in [3.63, 3.8) is 0 Å². The molecule has 0 saturated carbocycles. The Morgan fingerprint density at radius 2 is 1.78 bits per heavy atom. The SMILES string of the molecule is CCCCCCCCOc1ccc(-c2noc([C@@H](C)CCCC)n2)cc1F. The van der Waals surface area contributed by atoms with Crippen LogP contribution in [0.25, 0.3) is 11.4 Å². The van der Waals surface area contributed by atoms with Gasteiger partial charge in [-0.15, -0.1) is 0 Å². The maximum Gasteiger partial charge on any atom is 0.229 e. The van der Waals surface area contributed by atoms with Crippen LogP contribution in [-0.4, -0.2) is 16.7 Å². The molecular weight excluding hydrogens is 343 g/mol. The van der Waals surface area contributed by atoms with Crippen molar-refractivity contribution in [2.75, 3.05) is 6.61 Å². The number of halogens is 1. The van der Waals surface area contributed by atoms with Crippen molar-refractivity contribution in [2.45, 2.75) is 84.5 Å². The molecule has 4 nitrogen and oxygen atoms in total. The largest absolute Gasteiger partial charge is 0.491 e. The van der Waals surface area contributed by atoms with Gasteiger partial charge in [0.25, 0.3) is 0 Å². The molecule has 0 radical (unpaired) electrons. The first-order valence-electron chi connectivity index (χ1n) is 10.4. The molecule has 2 aromatic rings. The van der Waals surface area contributed by atoms with Gasteiger partial charge in [-0.2, -0.15) is 4.98 Å². The Hall–Kier alpha value is -1.91. The minimum Gasteiger partial charge on any atom is -0.491 e. The topological polar surface area (TPSA) is 48.2 Å². The molecule has 150 valence electrons. The van der Waals surface area contributed by atoms with Crippen LogP contribution in [-0.2, 0) is 0 Å². The molecule has 0 aliphatic rings. The predicted molar refractivity (Wildman–Crippen MR) is 107 cm³/mol. The molecule has 0 aliphatic heterocycles. The van der Waals surface area contributed by atoms with Crippen molar-refractivity contribution in [3.8, 4) is 17.1 Å². The Balaban J connectivity index is 1.86. The molecule has 0 fully saturated rings. The number of aromatic nitrogens is 2. The second kappa shape index (κ2) is 11.7. The molecule has 1 heterocycles. The molecule has 0 N–H and O–H groups in total. The van der Waals surface area contributed by atoms with Crippen LogP contribution >= 0.6 is 0 Å². The van der Waals surface area contributed by atoms with Crippen molar-refractivity contribution in [2.24, 2.45) is 0 Å². The van der Waals surface area contributed by atoms with Crippen LogP contribution in [0.1, 0.15) is 90.4 Å². The normalized spacial score (nSPS) is 12.3. The molecular formula is C22H33FN2O2. The van der Waals surface area contributed by atoms with E-state index in [1.165, 1.54) is 31.7 Å². The first-order chi connectivity index (χ1) is 13.2.